The fourth-order valence-corrected chi connectivity index (χ4v) is 3.51. The highest BCUT2D eigenvalue weighted by atomic mass is 79.9. The predicted molar refractivity (Wildman–Crippen MR) is 85.1 cm³/mol. The van der Waals surface area contributed by atoms with E-state index in [0.29, 0.717) is 12.1 Å². The highest BCUT2D eigenvalue weighted by Gasteiger charge is 2.34. The van der Waals surface area contributed by atoms with Gasteiger partial charge in [-0.2, -0.15) is 5.26 Å². The first-order chi connectivity index (χ1) is 10.0. The van der Waals surface area contributed by atoms with Crippen LogP contribution in [-0.4, -0.2) is 17.6 Å². The van der Waals surface area contributed by atoms with E-state index >= 15 is 0 Å². The molecule has 1 aromatic rings. The van der Waals surface area contributed by atoms with Crippen LogP contribution in [0.1, 0.15) is 44.1 Å². The van der Waals surface area contributed by atoms with E-state index in [1.165, 1.54) is 6.42 Å². The van der Waals surface area contributed by atoms with Crippen LogP contribution in [0, 0.1) is 16.7 Å². The molecule has 1 aliphatic rings. The standard InChI is InChI=1S/C16H19BrN2O2/c17-14-8-13(5-4-12(14)10-18)19-11-16(9-15(20)21)6-2-1-3-7-16/h4-5,8,19H,1-3,6-7,9,11H2,(H,20,21). The number of aliphatic carboxylic acids is 1. The Kier molecular flexibility index (Phi) is 5.24. The van der Waals surface area contributed by atoms with Gasteiger partial charge in [-0.25, -0.2) is 0 Å². The number of carboxylic acid groups (broad SMARTS) is 1. The van der Waals surface area contributed by atoms with Crippen LogP contribution in [0.4, 0.5) is 5.69 Å². The van der Waals surface area contributed by atoms with Gasteiger partial charge in [0.1, 0.15) is 6.07 Å². The number of nitrogens with zero attached hydrogens (tertiary/aromatic N) is 1. The fourth-order valence-electron chi connectivity index (χ4n) is 3.04. The Morgan fingerprint density at radius 1 is 1.38 bits per heavy atom. The van der Waals surface area contributed by atoms with Gasteiger partial charge in [0.25, 0.3) is 0 Å². The van der Waals surface area contributed by atoms with Crippen LogP contribution in [0.15, 0.2) is 22.7 Å². The lowest BCUT2D eigenvalue weighted by Gasteiger charge is -2.36. The minimum Gasteiger partial charge on any atom is -0.481 e. The van der Waals surface area contributed by atoms with E-state index in [1.54, 1.807) is 6.07 Å². The van der Waals surface area contributed by atoms with E-state index in [0.717, 1.165) is 35.8 Å². The summed E-state index contributed by atoms with van der Waals surface area (Å²) in [5.74, 6) is -0.722. The smallest absolute Gasteiger partial charge is 0.303 e. The number of nitrogens with one attached hydrogen (secondary N) is 1. The van der Waals surface area contributed by atoms with Gasteiger partial charge >= 0.3 is 5.97 Å². The molecule has 0 radical (unpaired) electrons. The summed E-state index contributed by atoms with van der Waals surface area (Å²) < 4.78 is 0.755. The van der Waals surface area contributed by atoms with Crippen molar-refractivity contribution in [2.45, 2.75) is 38.5 Å². The van der Waals surface area contributed by atoms with Crippen molar-refractivity contribution in [3.8, 4) is 6.07 Å². The maximum atomic E-state index is 11.2. The average molecular weight is 351 g/mol. The number of carbonyl (C=O) groups is 1. The van der Waals surface area contributed by atoms with Gasteiger partial charge in [0.05, 0.1) is 12.0 Å². The van der Waals surface area contributed by atoms with E-state index in [1.807, 2.05) is 12.1 Å². The van der Waals surface area contributed by atoms with Crippen LogP contribution in [0.25, 0.3) is 0 Å². The van der Waals surface area contributed by atoms with Crippen LogP contribution in [0.3, 0.4) is 0 Å². The van der Waals surface area contributed by atoms with E-state index in [4.69, 9.17) is 10.4 Å². The molecule has 4 nitrogen and oxygen atoms in total. The summed E-state index contributed by atoms with van der Waals surface area (Å²) in [5, 5.41) is 21.4. The summed E-state index contributed by atoms with van der Waals surface area (Å²) in [4.78, 5) is 11.2. The number of anilines is 1. The Morgan fingerprint density at radius 3 is 2.67 bits per heavy atom. The van der Waals surface area contributed by atoms with Crippen LogP contribution in [-0.2, 0) is 4.79 Å². The van der Waals surface area contributed by atoms with Crippen molar-refractivity contribution in [3.63, 3.8) is 0 Å². The Labute approximate surface area is 133 Å². The zero-order chi connectivity index (χ0) is 15.3. The van der Waals surface area contributed by atoms with Gasteiger partial charge in [-0.1, -0.05) is 19.3 Å². The summed E-state index contributed by atoms with van der Waals surface area (Å²) in [7, 11) is 0. The zero-order valence-electron chi connectivity index (χ0n) is 11.9. The number of halogens is 1. The van der Waals surface area contributed by atoms with Crippen LogP contribution in [0.5, 0.6) is 0 Å². The van der Waals surface area contributed by atoms with Gasteiger partial charge in [-0.15, -0.1) is 0 Å². The van der Waals surface area contributed by atoms with Gasteiger partial charge in [-0.05, 0) is 52.4 Å². The molecular weight excluding hydrogens is 332 g/mol. The third-order valence-corrected chi connectivity index (χ3v) is 4.85. The first-order valence-electron chi connectivity index (χ1n) is 7.20. The molecule has 0 atom stereocenters. The second-order valence-corrected chi connectivity index (χ2v) is 6.65. The average Bonchev–Trinajstić information content (AvgIpc) is 2.46. The molecule has 2 N–H and O–H groups in total. The summed E-state index contributed by atoms with van der Waals surface area (Å²) in [6, 6.07) is 7.60. The third-order valence-electron chi connectivity index (χ3n) is 4.20. The molecule has 0 heterocycles. The molecule has 1 aliphatic carbocycles. The second-order valence-electron chi connectivity index (χ2n) is 5.79. The molecular formula is C16H19BrN2O2. The molecule has 112 valence electrons. The van der Waals surface area contributed by atoms with E-state index in [2.05, 4.69) is 27.3 Å². The quantitative estimate of drug-likeness (QED) is 0.836. The second kappa shape index (κ2) is 6.95. The first-order valence-corrected chi connectivity index (χ1v) is 7.99. The maximum absolute atomic E-state index is 11.2. The number of nitriles is 1. The topological polar surface area (TPSA) is 73.1 Å². The van der Waals surface area contributed by atoms with Crippen LogP contribution < -0.4 is 5.32 Å². The van der Waals surface area contributed by atoms with Crippen molar-refractivity contribution in [3.05, 3.63) is 28.2 Å². The minimum absolute atomic E-state index is 0.148. The van der Waals surface area contributed by atoms with Crippen molar-refractivity contribution in [1.29, 1.82) is 5.26 Å². The normalized spacial score (nSPS) is 17.0. The summed E-state index contributed by atoms with van der Waals surface area (Å²) in [6.45, 7) is 0.664. The van der Waals surface area contributed by atoms with Crippen LogP contribution in [0.2, 0.25) is 0 Å². The fraction of sp³-hybridized carbons (Fsp3) is 0.500. The van der Waals surface area contributed by atoms with Gasteiger partial charge in [0, 0.05) is 16.7 Å². The molecule has 0 aromatic heterocycles. The predicted octanol–water partition coefficient (Wildman–Crippen LogP) is 4.16. The van der Waals surface area contributed by atoms with E-state index in [-0.39, 0.29) is 11.8 Å². The Bertz CT molecular complexity index is 560. The lowest BCUT2D eigenvalue weighted by molar-refractivity contribution is -0.140. The molecule has 0 saturated heterocycles. The number of hydrogen-bond donors (Lipinski definition) is 2. The van der Waals surface area contributed by atoms with E-state index < -0.39 is 5.97 Å². The van der Waals surface area contributed by atoms with Crippen LogP contribution >= 0.6 is 15.9 Å². The number of rotatable bonds is 5. The summed E-state index contributed by atoms with van der Waals surface area (Å²) in [5.41, 5.74) is 1.36. The molecule has 0 unspecified atom stereocenters. The highest BCUT2D eigenvalue weighted by molar-refractivity contribution is 9.10. The van der Waals surface area contributed by atoms with Crippen molar-refractivity contribution in [2.75, 3.05) is 11.9 Å². The minimum atomic E-state index is -0.722. The molecule has 0 spiro atoms. The molecule has 1 aromatic carbocycles. The SMILES string of the molecule is N#Cc1ccc(NCC2(CC(=O)O)CCCCC2)cc1Br. The Balaban J connectivity index is 2.06. The lowest BCUT2D eigenvalue weighted by Crippen LogP contribution is -2.34. The highest BCUT2D eigenvalue weighted by Crippen LogP contribution is 2.39. The van der Waals surface area contributed by atoms with Crippen molar-refractivity contribution >= 4 is 27.6 Å². The first kappa shape index (κ1) is 15.8. The third kappa shape index (κ3) is 4.21. The van der Waals surface area contributed by atoms with Crippen molar-refractivity contribution in [2.24, 2.45) is 5.41 Å². The van der Waals surface area contributed by atoms with Crippen molar-refractivity contribution < 1.29 is 9.90 Å². The molecule has 1 saturated carbocycles. The number of carboxylic acids is 1. The molecule has 5 heteroatoms. The number of benzene rings is 1. The molecule has 0 bridgehead atoms. The molecule has 21 heavy (non-hydrogen) atoms. The zero-order valence-corrected chi connectivity index (χ0v) is 13.4. The largest absolute Gasteiger partial charge is 0.481 e. The monoisotopic (exact) mass is 350 g/mol. The Morgan fingerprint density at radius 2 is 2.10 bits per heavy atom. The molecule has 0 amide bonds. The summed E-state index contributed by atoms with van der Waals surface area (Å²) in [6.07, 6.45) is 5.55. The Hall–Kier alpha value is -1.54. The molecule has 2 rings (SSSR count). The summed E-state index contributed by atoms with van der Waals surface area (Å²) >= 11 is 3.37. The number of hydrogen-bond acceptors (Lipinski definition) is 3. The maximum Gasteiger partial charge on any atom is 0.303 e. The molecule has 1 fully saturated rings. The molecule has 0 aliphatic heterocycles. The van der Waals surface area contributed by atoms with Gasteiger partial charge in [0.15, 0.2) is 0 Å². The van der Waals surface area contributed by atoms with Crippen molar-refractivity contribution in [1.82, 2.24) is 0 Å². The van der Waals surface area contributed by atoms with Gasteiger partial charge < -0.3 is 10.4 Å². The lowest BCUT2D eigenvalue weighted by atomic mass is 9.71. The van der Waals surface area contributed by atoms with E-state index in [9.17, 15) is 4.79 Å². The van der Waals surface area contributed by atoms with Gasteiger partial charge in [0.2, 0.25) is 0 Å². The van der Waals surface area contributed by atoms with Gasteiger partial charge in [-0.3, -0.25) is 4.79 Å².